The minimum Gasteiger partial charge on any atom is -0.346 e. The predicted molar refractivity (Wildman–Crippen MR) is 104 cm³/mol. The van der Waals surface area contributed by atoms with Crippen LogP contribution in [-0.2, 0) is 0 Å². The maximum atomic E-state index is 6.58. The van der Waals surface area contributed by atoms with Crippen LogP contribution in [0.3, 0.4) is 0 Å². The largest absolute Gasteiger partial charge is 0.346 e. The van der Waals surface area contributed by atoms with Crippen molar-refractivity contribution in [3.05, 3.63) is 82.0 Å². The average molecular weight is 357 g/mol. The monoisotopic (exact) mass is 356 g/mol. The van der Waals surface area contributed by atoms with Crippen molar-refractivity contribution in [3.8, 4) is 0 Å². The highest BCUT2D eigenvalue weighted by Gasteiger charge is 2.18. The van der Waals surface area contributed by atoms with Gasteiger partial charge in [-0.05, 0) is 49.1 Å². The van der Waals surface area contributed by atoms with Gasteiger partial charge in [0, 0.05) is 17.5 Å². The summed E-state index contributed by atoms with van der Waals surface area (Å²) in [6.45, 7) is 0. The number of aliphatic imine (C=N–C) groups is 1. The van der Waals surface area contributed by atoms with Crippen LogP contribution >= 0.6 is 23.2 Å². The van der Waals surface area contributed by atoms with Gasteiger partial charge in [0.25, 0.3) is 0 Å². The van der Waals surface area contributed by atoms with Gasteiger partial charge in [0.2, 0.25) is 0 Å². The summed E-state index contributed by atoms with van der Waals surface area (Å²) in [6, 6.07) is 19.7. The lowest BCUT2D eigenvalue weighted by atomic mass is 9.96. The zero-order chi connectivity index (χ0) is 16.8. The van der Waals surface area contributed by atoms with E-state index in [2.05, 4.69) is 10.3 Å². The number of para-hydroxylation sites is 2. The molecule has 0 radical (unpaired) electrons. The van der Waals surface area contributed by atoms with Crippen molar-refractivity contribution < 1.29 is 0 Å². The quantitative estimate of drug-likeness (QED) is 0.482. The highest BCUT2D eigenvalue weighted by atomic mass is 35.5. The molecule has 0 saturated carbocycles. The van der Waals surface area contributed by atoms with Crippen molar-refractivity contribution in [3.63, 3.8) is 0 Å². The number of benzene rings is 2. The first-order valence-electron chi connectivity index (χ1n) is 7.93. The number of allylic oxidation sites excluding steroid dienone is 3. The average Bonchev–Trinajstić information content (AvgIpc) is 2.62. The van der Waals surface area contributed by atoms with E-state index in [-0.39, 0.29) is 0 Å². The number of halogens is 2. The van der Waals surface area contributed by atoms with E-state index in [4.69, 9.17) is 23.2 Å². The summed E-state index contributed by atoms with van der Waals surface area (Å²) < 4.78 is 0. The summed E-state index contributed by atoms with van der Waals surface area (Å²) in [5.74, 6) is 0. The zero-order valence-corrected chi connectivity index (χ0v) is 14.7. The first-order valence-corrected chi connectivity index (χ1v) is 8.68. The molecule has 1 N–H and O–H groups in total. The topological polar surface area (TPSA) is 24.4 Å². The second-order valence-electron chi connectivity index (χ2n) is 5.57. The molecular formula is C20H18Cl2N2. The Bertz CT molecular complexity index is 778. The number of anilines is 1. The van der Waals surface area contributed by atoms with E-state index in [0.717, 1.165) is 41.8 Å². The second-order valence-corrected chi connectivity index (χ2v) is 6.33. The highest BCUT2D eigenvalue weighted by molar-refractivity contribution is 6.37. The van der Waals surface area contributed by atoms with Gasteiger partial charge in [-0.3, -0.25) is 4.99 Å². The van der Waals surface area contributed by atoms with E-state index in [1.54, 1.807) is 0 Å². The van der Waals surface area contributed by atoms with Crippen molar-refractivity contribution in [2.75, 3.05) is 5.32 Å². The molecule has 0 heterocycles. The van der Waals surface area contributed by atoms with E-state index in [9.17, 15) is 0 Å². The summed E-state index contributed by atoms with van der Waals surface area (Å²) in [5, 5.41) is 4.50. The van der Waals surface area contributed by atoms with Gasteiger partial charge in [0.15, 0.2) is 0 Å². The molecule has 4 heteroatoms. The molecule has 2 aromatic rings. The fraction of sp³-hybridized carbons (Fsp3) is 0.150. The maximum Gasteiger partial charge on any atom is 0.111 e. The number of hydrogen-bond donors (Lipinski definition) is 1. The van der Waals surface area contributed by atoms with Gasteiger partial charge in [-0.1, -0.05) is 59.6 Å². The molecule has 0 fully saturated rings. The molecule has 0 aliphatic heterocycles. The van der Waals surface area contributed by atoms with E-state index in [1.165, 1.54) is 0 Å². The molecule has 0 saturated heterocycles. The summed E-state index contributed by atoms with van der Waals surface area (Å²) in [5.41, 5.74) is 3.83. The molecule has 0 spiro atoms. The molecule has 1 aliphatic rings. The van der Waals surface area contributed by atoms with Crippen molar-refractivity contribution >= 4 is 40.8 Å². The Labute approximate surface area is 152 Å². The molecule has 1 aliphatic carbocycles. The molecule has 0 atom stereocenters. The minimum atomic E-state index is 0.580. The first kappa shape index (κ1) is 16.8. The summed E-state index contributed by atoms with van der Waals surface area (Å²) in [4.78, 5) is 4.50. The Balaban J connectivity index is 1.84. The molecule has 122 valence electrons. The summed E-state index contributed by atoms with van der Waals surface area (Å²) >= 11 is 13.1. The van der Waals surface area contributed by atoms with E-state index >= 15 is 0 Å². The number of hydrogen-bond acceptors (Lipinski definition) is 2. The van der Waals surface area contributed by atoms with Crippen LogP contribution in [0.5, 0.6) is 0 Å². The molecule has 24 heavy (non-hydrogen) atoms. The third kappa shape index (κ3) is 4.28. The summed E-state index contributed by atoms with van der Waals surface area (Å²) in [7, 11) is 0. The molecule has 0 amide bonds. The van der Waals surface area contributed by atoms with Crippen LogP contribution in [0.15, 0.2) is 87.0 Å². The SMILES string of the molecule is ClC(Nc1ccccc1)=C1CCCC(C=Nc2ccccc2)=C1Cl. The second kappa shape index (κ2) is 8.18. The van der Waals surface area contributed by atoms with Gasteiger partial charge in [-0.2, -0.15) is 0 Å². The molecule has 0 aromatic heterocycles. The van der Waals surface area contributed by atoms with E-state index in [0.29, 0.717) is 10.2 Å². The molecule has 0 unspecified atom stereocenters. The van der Waals surface area contributed by atoms with Crippen LogP contribution in [0.1, 0.15) is 19.3 Å². The van der Waals surface area contributed by atoms with Gasteiger partial charge in [-0.15, -0.1) is 0 Å². The smallest absolute Gasteiger partial charge is 0.111 e. The van der Waals surface area contributed by atoms with Crippen molar-refractivity contribution in [1.82, 2.24) is 0 Å². The Morgan fingerprint density at radius 1 is 0.958 bits per heavy atom. The van der Waals surface area contributed by atoms with Gasteiger partial charge in [0.1, 0.15) is 5.16 Å². The normalized spacial score (nSPS) is 17.2. The van der Waals surface area contributed by atoms with Crippen LogP contribution in [0.4, 0.5) is 11.4 Å². The molecule has 0 bridgehead atoms. The van der Waals surface area contributed by atoms with Crippen LogP contribution in [-0.4, -0.2) is 6.21 Å². The van der Waals surface area contributed by atoms with Gasteiger partial charge in [0.05, 0.1) is 10.7 Å². The lowest BCUT2D eigenvalue weighted by Crippen LogP contribution is -2.06. The van der Waals surface area contributed by atoms with Crippen molar-refractivity contribution in [2.24, 2.45) is 4.99 Å². The van der Waals surface area contributed by atoms with E-state index < -0.39 is 0 Å². The van der Waals surface area contributed by atoms with Crippen molar-refractivity contribution in [2.45, 2.75) is 19.3 Å². The lowest BCUT2D eigenvalue weighted by molar-refractivity contribution is 0.798. The highest BCUT2D eigenvalue weighted by Crippen LogP contribution is 2.35. The molecule has 2 aromatic carbocycles. The zero-order valence-electron chi connectivity index (χ0n) is 13.2. The van der Waals surface area contributed by atoms with Gasteiger partial charge >= 0.3 is 0 Å². The molecular weight excluding hydrogens is 339 g/mol. The lowest BCUT2D eigenvalue weighted by Gasteiger charge is -2.19. The number of nitrogens with one attached hydrogen (secondary N) is 1. The molecule has 2 nitrogen and oxygen atoms in total. The Kier molecular flexibility index (Phi) is 5.73. The first-order chi connectivity index (χ1) is 11.7. The Hall–Kier alpha value is -2.03. The minimum absolute atomic E-state index is 0.580. The Morgan fingerprint density at radius 2 is 1.62 bits per heavy atom. The maximum absolute atomic E-state index is 6.58. The van der Waals surface area contributed by atoms with E-state index in [1.807, 2.05) is 66.9 Å². The fourth-order valence-corrected chi connectivity index (χ4v) is 3.27. The number of nitrogens with zero attached hydrogens (tertiary/aromatic N) is 1. The van der Waals surface area contributed by atoms with Crippen LogP contribution in [0, 0.1) is 0 Å². The molecule has 3 rings (SSSR count). The Morgan fingerprint density at radius 3 is 2.33 bits per heavy atom. The van der Waals surface area contributed by atoms with Crippen molar-refractivity contribution in [1.29, 1.82) is 0 Å². The predicted octanol–water partition coefficient (Wildman–Crippen LogP) is 6.63. The fourth-order valence-electron chi connectivity index (χ4n) is 2.59. The third-order valence-corrected chi connectivity index (χ3v) is 4.63. The van der Waals surface area contributed by atoms with Crippen LogP contribution in [0.25, 0.3) is 0 Å². The van der Waals surface area contributed by atoms with Crippen LogP contribution in [0.2, 0.25) is 0 Å². The van der Waals surface area contributed by atoms with Gasteiger partial charge in [-0.25, -0.2) is 0 Å². The van der Waals surface area contributed by atoms with Gasteiger partial charge < -0.3 is 5.32 Å². The van der Waals surface area contributed by atoms with Crippen LogP contribution < -0.4 is 5.32 Å². The number of rotatable bonds is 4. The standard InChI is InChI=1S/C20H18Cl2N2/c21-19-15(14-23-16-9-3-1-4-10-16)8-7-13-18(19)20(22)24-17-11-5-2-6-12-17/h1-6,9-12,14,24H,7-8,13H2. The third-order valence-electron chi connectivity index (χ3n) is 3.84. The summed E-state index contributed by atoms with van der Waals surface area (Å²) in [6.07, 6.45) is 4.63.